The molecule has 4 heterocycles. The standard InChI is InChI=1S/C31H27N7O5S2/c1-42-36-24(27-35-31(32)45-37-27)28(39)34-23-21-12-13-22(44-20-14-16-33-17-15-20)25(38(21)29(23)40)30(41)43-26(18-8-4-2-5-9-18)19-10-6-3-7-11-19/h2-11,14-17,21,23,26H,12-13H2,1H3,(H,34,39)(H2,32,35,37)/b36-24-/t21-,23+/m1/s1. The van der Waals surface area contributed by atoms with Crippen LogP contribution in [0.5, 0.6) is 0 Å². The van der Waals surface area contributed by atoms with Crippen LogP contribution in [-0.2, 0) is 24.0 Å². The van der Waals surface area contributed by atoms with E-state index in [1.54, 1.807) is 12.4 Å². The lowest BCUT2D eigenvalue weighted by molar-refractivity contribution is -0.158. The summed E-state index contributed by atoms with van der Waals surface area (Å²) >= 11 is 2.28. The van der Waals surface area contributed by atoms with Gasteiger partial charge in [-0.2, -0.15) is 9.36 Å². The number of fused-ring (bicyclic) bond motifs is 1. The van der Waals surface area contributed by atoms with Crippen molar-refractivity contribution in [2.24, 2.45) is 5.16 Å². The molecule has 228 valence electrons. The smallest absolute Gasteiger partial charge is 0.356 e. The third-order valence-electron chi connectivity index (χ3n) is 7.24. The quantitative estimate of drug-likeness (QED) is 0.113. The minimum absolute atomic E-state index is 0.0165. The van der Waals surface area contributed by atoms with E-state index < -0.39 is 36.0 Å². The number of nitrogens with one attached hydrogen (secondary N) is 1. The summed E-state index contributed by atoms with van der Waals surface area (Å²) in [5, 5.41) is 6.63. The van der Waals surface area contributed by atoms with Crippen LogP contribution in [0.25, 0.3) is 0 Å². The van der Waals surface area contributed by atoms with Crippen LogP contribution in [0.2, 0.25) is 0 Å². The molecule has 2 aromatic heterocycles. The van der Waals surface area contributed by atoms with Crippen molar-refractivity contribution in [1.82, 2.24) is 24.6 Å². The van der Waals surface area contributed by atoms with Gasteiger partial charge in [0.15, 0.2) is 11.2 Å². The fourth-order valence-corrected chi connectivity index (χ4v) is 6.70. The number of thioether (sulfide) groups is 1. The Balaban J connectivity index is 1.30. The summed E-state index contributed by atoms with van der Waals surface area (Å²) in [5.41, 5.74) is 7.19. The van der Waals surface area contributed by atoms with E-state index in [1.165, 1.54) is 23.8 Å². The van der Waals surface area contributed by atoms with Gasteiger partial charge in [-0.25, -0.2) is 4.79 Å². The van der Waals surface area contributed by atoms with Gasteiger partial charge < -0.3 is 20.6 Å². The topological polar surface area (TPSA) is 162 Å². The highest BCUT2D eigenvalue weighted by Crippen LogP contribution is 2.44. The monoisotopic (exact) mass is 641 g/mol. The first-order chi connectivity index (χ1) is 21.9. The fraction of sp³-hybridized carbons (Fsp3) is 0.194. The van der Waals surface area contributed by atoms with Gasteiger partial charge in [-0.1, -0.05) is 77.6 Å². The number of rotatable bonds is 10. The highest BCUT2D eigenvalue weighted by atomic mass is 32.2. The highest BCUT2D eigenvalue weighted by Gasteiger charge is 2.54. The molecule has 0 bridgehead atoms. The van der Waals surface area contributed by atoms with E-state index >= 15 is 0 Å². The molecule has 0 saturated carbocycles. The number of ether oxygens (including phenoxy) is 1. The molecule has 2 amide bonds. The van der Waals surface area contributed by atoms with E-state index in [2.05, 4.69) is 24.8 Å². The minimum Gasteiger partial charge on any atom is -0.448 e. The molecule has 0 spiro atoms. The molecule has 2 aliphatic rings. The van der Waals surface area contributed by atoms with E-state index in [1.807, 2.05) is 72.8 Å². The lowest BCUT2D eigenvalue weighted by atomic mass is 9.86. The molecule has 6 rings (SSSR count). The van der Waals surface area contributed by atoms with Crippen molar-refractivity contribution < 1.29 is 24.0 Å². The first-order valence-corrected chi connectivity index (χ1v) is 15.5. The number of nitrogens with two attached hydrogens (primary N) is 1. The summed E-state index contributed by atoms with van der Waals surface area (Å²) in [6.45, 7) is 0. The number of esters is 1. The summed E-state index contributed by atoms with van der Waals surface area (Å²) in [4.78, 5) is 57.0. The number of hydrogen-bond donors (Lipinski definition) is 2. The Labute approximate surface area is 266 Å². The number of pyridine rings is 1. The number of carbonyl (C=O) groups excluding carboxylic acids is 3. The SMILES string of the molecule is CO/N=C(\C(=O)N[C@@H]1C(=O)N2C(C(=O)OC(c3ccccc3)c3ccccc3)=C(Sc3ccncc3)CC[C@H]12)c1nsc(N)n1. The van der Waals surface area contributed by atoms with Crippen molar-refractivity contribution in [3.05, 3.63) is 113 Å². The largest absolute Gasteiger partial charge is 0.448 e. The third kappa shape index (κ3) is 6.28. The zero-order valence-electron chi connectivity index (χ0n) is 23.9. The van der Waals surface area contributed by atoms with Crippen LogP contribution >= 0.6 is 23.3 Å². The van der Waals surface area contributed by atoms with Crippen LogP contribution in [0.15, 0.2) is 106 Å². The molecule has 1 fully saturated rings. The van der Waals surface area contributed by atoms with Crippen LogP contribution in [0, 0.1) is 0 Å². The zero-order valence-corrected chi connectivity index (χ0v) is 25.5. The summed E-state index contributed by atoms with van der Waals surface area (Å²) in [6, 6.07) is 21.1. The van der Waals surface area contributed by atoms with Gasteiger partial charge in [0.05, 0.1) is 6.04 Å². The first-order valence-electron chi connectivity index (χ1n) is 13.9. The van der Waals surface area contributed by atoms with Crippen LogP contribution in [0.1, 0.15) is 35.9 Å². The summed E-state index contributed by atoms with van der Waals surface area (Å²) in [5.74, 6) is -1.81. The summed E-state index contributed by atoms with van der Waals surface area (Å²) in [6.07, 6.45) is 3.59. The molecular formula is C31H27N7O5S2. The molecule has 1 saturated heterocycles. The van der Waals surface area contributed by atoms with Crippen LogP contribution in [-0.4, -0.2) is 61.9 Å². The Morgan fingerprint density at radius 1 is 1.07 bits per heavy atom. The van der Waals surface area contributed by atoms with Crippen molar-refractivity contribution in [2.75, 3.05) is 12.8 Å². The molecule has 14 heteroatoms. The molecule has 12 nitrogen and oxygen atoms in total. The van der Waals surface area contributed by atoms with Crippen molar-refractivity contribution in [3.8, 4) is 0 Å². The second-order valence-corrected chi connectivity index (χ2v) is 12.0. The highest BCUT2D eigenvalue weighted by molar-refractivity contribution is 8.03. The molecule has 45 heavy (non-hydrogen) atoms. The van der Waals surface area contributed by atoms with E-state index in [0.717, 1.165) is 27.6 Å². The van der Waals surface area contributed by atoms with Gasteiger partial charge in [0.2, 0.25) is 11.5 Å². The maximum absolute atomic E-state index is 14.2. The van der Waals surface area contributed by atoms with Gasteiger partial charge in [-0.15, -0.1) is 0 Å². The molecule has 2 aromatic carbocycles. The maximum atomic E-state index is 14.2. The lowest BCUT2D eigenvalue weighted by Crippen LogP contribution is -2.72. The van der Waals surface area contributed by atoms with Crippen molar-refractivity contribution in [3.63, 3.8) is 0 Å². The number of benzene rings is 2. The molecule has 3 N–H and O–H groups in total. The van der Waals surface area contributed by atoms with E-state index in [0.29, 0.717) is 17.7 Å². The Morgan fingerprint density at radius 2 is 1.73 bits per heavy atom. The fourth-order valence-electron chi connectivity index (χ4n) is 5.23. The molecule has 0 radical (unpaired) electrons. The van der Waals surface area contributed by atoms with E-state index in [-0.39, 0.29) is 22.4 Å². The number of β-lactam (4-membered cyclic amide) rings is 1. The lowest BCUT2D eigenvalue weighted by Gasteiger charge is -2.50. The van der Waals surface area contributed by atoms with E-state index in [9.17, 15) is 14.4 Å². The average molecular weight is 642 g/mol. The van der Waals surface area contributed by atoms with Gasteiger partial charge in [-0.3, -0.25) is 19.5 Å². The number of nitrogens with zero attached hydrogens (tertiary/aromatic N) is 5. The molecular weight excluding hydrogens is 615 g/mol. The second-order valence-electron chi connectivity index (χ2n) is 10.0. The van der Waals surface area contributed by atoms with Crippen LogP contribution in [0.4, 0.5) is 5.13 Å². The zero-order chi connectivity index (χ0) is 31.3. The Hall–Kier alpha value is -5.08. The Kier molecular flexibility index (Phi) is 8.84. The predicted octanol–water partition coefficient (Wildman–Crippen LogP) is 3.69. The summed E-state index contributed by atoms with van der Waals surface area (Å²) < 4.78 is 10.2. The predicted molar refractivity (Wildman–Crippen MR) is 168 cm³/mol. The average Bonchev–Trinajstić information content (AvgIpc) is 3.51. The number of carbonyl (C=O) groups is 3. The van der Waals surface area contributed by atoms with Gasteiger partial charge in [-0.05, 0) is 36.1 Å². The van der Waals surface area contributed by atoms with Crippen molar-refractivity contribution >= 4 is 51.9 Å². The van der Waals surface area contributed by atoms with Gasteiger partial charge in [0, 0.05) is 33.7 Å². The molecule has 2 aliphatic heterocycles. The Bertz CT molecular complexity index is 1730. The number of aromatic nitrogens is 3. The number of amides is 2. The molecule has 0 aliphatic carbocycles. The van der Waals surface area contributed by atoms with Crippen LogP contribution < -0.4 is 11.1 Å². The number of allylic oxidation sites excluding steroid dienone is 1. The number of hydrogen-bond acceptors (Lipinski definition) is 12. The molecule has 0 unspecified atom stereocenters. The van der Waals surface area contributed by atoms with Crippen molar-refractivity contribution in [1.29, 1.82) is 0 Å². The normalized spacial score (nSPS) is 17.9. The van der Waals surface area contributed by atoms with Crippen molar-refractivity contribution in [2.45, 2.75) is 35.9 Å². The van der Waals surface area contributed by atoms with Crippen LogP contribution in [0.3, 0.4) is 0 Å². The second kappa shape index (κ2) is 13.3. The molecule has 2 atom stereocenters. The maximum Gasteiger partial charge on any atom is 0.356 e. The van der Waals surface area contributed by atoms with Gasteiger partial charge in [0.1, 0.15) is 18.8 Å². The number of anilines is 1. The summed E-state index contributed by atoms with van der Waals surface area (Å²) in [7, 11) is 1.28. The first kappa shape index (κ1) is 30.0. The third-order valence-corrected chi connectivity index (χ3v) is 8.94. The number of nitrogen functional groups attached to an aromatic ring is 1. The Morgan fingerprint density at radius 3 is 2.33 bits per heavy atom. The van der Waals surface area contributed by atoms with Gasteiger partial charge in [0.25, 0.3) is 11.8 Å². The van der Waals surface area contributed by atoms with E-state index in [4.69, 9.17) is 15.3 Å². The van der Waals surface area contributed by atoms with Gasteiger partial charge >= 0.3 is 5.97 Å². The number of oxime groups is 1. The molecule has 4 aromatic rings. The minimum atomic E-state index is -0.912.